The van der Waals surface area contributed by atoms with E-state index in [9.17, 15) is 9.90 Å². The number of aliphatic hydroxyl groups excluding tert-OH is 1. The Bertz CT molecular complexity index is 1160. The van der Waals surface area contributed by atoms with Crippen molar-refractivity contribution >= 4 is 29.5 Å². The van der Waals surface area contributed by atoms with E-state index in [1.54, 1.807) is 6.92 Å². The van der Waals surface area contributed by atoms with Gasteiger partial charge in [0, 0.05) is 5.38 Å². The van der Waals surface area contributed by atoms with E-state index < -0.39 is 68.8 Å². The van der Waals surface area contributed by atoms with E-state index in [0.717, 1.165) is 51.4 Å². The number of rotatable bonds is 25. The van der Waals surface area contributed by atoms with Crippen molar-refractivity contribution in [3.05, 3.63) is 0 Å². The summed E-state index contributed by atoms with van der Waals surface area (Å²) in [5.41, 5.74) is -4.21. The second-order valence-electron chi connectivity index (χ2n) is 21.4. The summed E-state index contributed by atoms with van der Waals surface area (Å²) in [6, 6.07) is 0. The third kappa shape index (κ3) is 15.1. The fourth-order valence-corrected chi connectivity index (χ4v) is 9.20. The predicted octanol–water partition coefficient (Wildman–Crippen LogP) is 12.5. The normalized spacial score (nSPS) is 17.4. The third-order valence-electron chi connectivity index (χ3n) is 13.6. The van der Waals surface area contributed by atoms with Crippen LogP contribution in [0.15, 0.2) is 0 Å². The lowest BCUT2D eigenvalue weighted by atomic mass is 9.46. The summed E-state index contributed by atoms with van der Waals surface area (Å²) in [4.78, 5) is 44.6. The van der Waals surface area contributed by atoms with Gasteiger partial charge in [0.2, 0.25) is 0 Å². The topological polar surface area (TPSA) is 99.1 Å². The average Bonchev–Trinajstić information content (AvgIpc) is 3.04. The highest BCUT2D eigenvalue weighted by molar-refractivity contribution is 6.21. The lowest BCUT2D eigenvalue weighted by molar-refractivity contribution is -0.193. The largest absolute Gasteiger partial charge is 0.465 e. The molecule has 55 heavy (non-hydrogen) atoms. The number of halogens is 1. The maximum Gasteiger partial charge on any atom is 0.310 e. The highest BCUT2D eigenvalue weighted by atomic mass is 35.5. The molecule has 0 fully saturated rings. The molecule has 8 heteroatoms. The van der Waals surface area contributed by atoms with Gasteiger partial charge in [-0.25, -0.2) is 0 Å². The molecule has 0 rings (SSSR count). The van der Waals surface area contributed by atoms with Gasteiger partial charge in [-0.2, -0.15) is 0 Å². The molecule has 0 aliphatic carbocycles. The van der Waals surface area contributed by atoms with Gasteiger partial charge in [-0.3, -0.25) is 14.4 Å². The van der Waals surface area contributed by atoms with Crippen LogP contribution >= 0.6 is 11.6 Å². The Morgan fingerprint density at radius 2 is 0.927 bits per heavy atom. The van der Waals surface area contributed by atoms with Crippen molar-refractivity contribution in [3.63, 3.8) is 0 Å². The van der Waals surface area contributed by atoms with Crippen molar-refractivity contribution in [2.75, 3.05) is 19.8 Å². The second-order valence-corrected chi connectivity index (χ2v) is 22.0. The van der Waals surface area contributed by atoms with Crippen LogP contribution in [0.25, 0.3) is 0 Å². The monoisotopic (exact) mass is 801 g/mol. The minimum Gasteiger partial charge on any atom is -0.465 e. The van der Waals surface area contributed by atoms with Crippen molar-refractivity contribution < 1.29 is 33.7 Å². The van der Waals surface area contributed by atoms with E-state index in [-0.39, 0.29) is 42.4 Å². The molecular formula is C47H89ClO7. The molecule has 0 heterocycles. The Morgan fingerprint density at radius 1 is 0.564 bits per heavy atom. The van der Waals surface area contributed by atoms with E-state index in [4.69, 9.17) is 25.8 Å². The minimum absolute atomic E-state index is 0.0804. The summed E-state index contributed by atoms with van der Waals surface area (Å²) in [6.07, 6.45) is 7.71. The number of alkyl halides is 1. The van der Waals surface area contributed by atoms with Gasteiger partial charge >= 0.3 is 17.9 Å². The number of aliphatic hydroxyl groups is 1. The van der Waals surface area contributed by atoms with Crippen LogP contribution in [0.1, 0.15) is 189 Å². The van der Waals surface area contributed by atoms with Crippen molar-refractivity contribution in [1.82, 2.24) is 0 Å². The van der Waals surface area contributed by atoms with Crippen LogP contribution in [0.2, 0.25) is 0 Å². The van der Waals surface area contributed by atoms with Gasteiger partial charge in [0.25, 0.3) is 0 Å². The highest BCUT2D eigenvalue weighted by Gasteiger charge is 2.64. The number of esters is 3. The first-order valence-electron chi connectivity index (χ1n) is 21.7. The fourth-order valence-electron chi connectivity index (χ4n) is 8.46. The van der Waals surface area contributed by atoms with Crippen molar-refractivity contribution in [2.45, 2.75) is 201 Å². The molecule has 0 aliphatic rings. The van der Waals surface area contributed by atoms with Crippen LogP contribution in [0.3, 0.4) is 0 Å². The van der Waals surface area contributed by atoms with Gasteiger partial charge in [-0.05, 0) is 70.5 Å². The van der Waals surface area contributed by atoms with Crippen LogP contribution in [0, 0.1) is 62.1 Å². The Labute approximate surface area is 344 Å². The molecule has 0 saturated carbocycles. The van der Waals surface area contributed by atoms with E-state index in [0.29, 0.717) is 6.42 Å². The molecule has 326 valence electrons. The Kier molecular flexibility index (Phi) is 21.6. The molecule has 0 aliphatic heterocycles. The molecule has 7 unspecified atom stereocenters. The van der Waals surface area contributed by atoms with Gasteiger partial charge in [0.15, 0.2) is 0 Å². The smallest absolute Gasteiger partial charge is 0.310 e. The first kappa shape index (κ1) is 53.7. The van der Waals surface area contributed by atoms with Crippen molar-refractivity contribution in [2.24, 2.45) is 62.1 Å². The number of ether oxygens (including phenoxy) is 3. The number of unbranched alkanes of at least 4 members (excludes halogenated alkanes) is 2. The second kappa shape index (κ2) is 22.1. The Balaban J connectivity index is 8.04. The molecule has 0 aromatic heterocycles. The average molecular weight is 802 g/mol. The van der Waals surface area contributed by atoms with Crippen molar-refractivity contribution in [3.8, 4) is 0 Å². The van der Waals surface area contributed by atoms with Gasteiger partial charge in [0.1, 0.15) is 6.61 Å². The summed E-state index contributed by atoms with van der Waals surface area (Å²) >= 11 is 7.42. The zero-order valence-corrected chi connectivity index (χ0v) is 40.1. The fraction of sp³-hybridized carbons (Fsp3) is 0.936. The molecule has 0 bridgehead atoms. The summed E-state index contributed by atoms with van der Waals surface area (Å²) in [5, 5.41) is 9.72. The lowest BCUT2D eigenvalue weighted by Gasteiger charge is -2.57. The van der Waals surface area contributed by atoms with Gasteiger partial charge in [-0.15, -0.1) is 11.6 Å². The van der Waals surface area contributed by atoms with Crippen LogP contribution in [0.5, 0.6) is 0 Å². The molecule has 0 radical (unpaired) electrons. The van der Waals surface area contributed by atoms with E-state index >= 15 is 9.59 Å². The van der Waals surface area contributed by atoms with E-state index in [2.05, 4.69) is 76.2 Å². The summed E-state index contributed by atoms with van der Waals surface area (Å²) < 4.78 is 18.5. The zero-order chi connectivity index (χ0) is 43.4. The molecule has 1 N–H and O–H groups in total. The van der Waals surface area contributed by atoms with Crippen LogP contribution in [0.4, 0.5) is 0 Å². The quantitative estimate of drug-likeness (QED) is 0.0557. The molecular weight excluding hydrogens is 712 g/mol. The van der Waals surface area contributed by atoms with Crippen LogP contribution in [-0.2, 0) is 28.6 Å². The molecule has 0 aromatic rings. The minimum atomic E-state index is -1.04. The molecule has 7 atom stereocenters. The van der Waals surface area contributed by atoms with Crippen molar-refractivity contribution in [1.29, 1.82) is 0 Å². The standard InChI is InChI=1S/C47H89ClO7/c1-20-24-26-33(22-3)30-54-39(50)36(45(14,15)44(12,13)35(48)28-42(6,7)8)37(40(51)55-31-34(23-4)27-25-21-2)46(16,17)47(18,19)38(43(9,10)11)41(52)53-29-32(5)49/h32-38,49H,20-31H2,1-19H3. The molecule has 7 nitrogen and oxygen atoms in total. The number of hydrogen-bond acceptors (Lipinski definition) is 7. The number of carbonyl (C=O) groups excluding carboxylic acids is 3. The summed E-state index contributed by atoms with van der Waals surface area (Å²) in [5.74, 6) is -3.65. The van der Waals surface area contributed by atoms with Gasteiger partial charge < -0.3 is 19.3 Å². The van der Waals surface area contributed by atoms with Crippen LogP contribution < -0.4 is 0 Å². The zero-order valence-electron chi connectivity index (χ0n) is 39.3. The first-order valence-corrected chi connectivity index (χ1v) is 22.2. The Morgan fingerprint density at radius 3 is 1.24 bits per heavy atom. The maximum atomic E-state index is 15.2. The predicted molar refractivity (Wildman–Crippen MR) is 230 cm³/mol. The number of hydrogen-bond donors (Lipinski definition) is 1. The highest BCUT2D eigenvalue weighted by Crippen LogP contribution is 2.61. The summed E-state index contributed by atoms with van der Waals surface area (Å²) in [7, 11) is 0. The third-order valence-corrected chi connectivity index (χ3v) is 14.3. The Hall–Kier alpha value is -1.34. The molecule has 0 saturated heterocycles. The lowest BCUT2D eigenvalue weighted by Crippen LogP contribution is -2.60. The SMILES string of the molecule is CCCCC(CC)COC(=O)C(C(C(=O)OCC(CC)CCCC)C(C)(C)C(C)(C)C(C(=O)OCC(C)O)C(C)(C)C)C(C)(C)C(C)(C)C(Cl)CC(C)(C)C. The van der Waals surface area contributed by atoms with E-state index in [1.807, 2.05) is 48.5 Å². The summed E-state index contributed by atoms with van der Waals surface area (Å²) in [6.45, 7) is 39.4. The molecule has 0 aromatic carbocycles. The van der Waals surface area contributed by atoms with Crippen LogP contribution in [-0.4, -0.2) is 54.3 Å². The van der Waals surface area contributed by atoms with Gasteiger partial charge in [-0.1, -0.05) is 163 Å². The first-order chi connectivity index (χ1) is 24.9. The maximum absolute atomic E-state index is 15.2. The molecule has 0 spiro atoms. The van der Waals surface area contributed by atoms with E-state index in [1.165, 1.54) is 0 Å². The molecule has 0 amide bonds. The number of carbonyl (C=O) groups is 3. The van der Waals surface area contributed by atoms with Gasteiger partial charge in [0.05, 0.1) is 37.1 Å².